The molecule has 2 aromatic heterocycles. The number of hydrogen-bond donors (Lipinski definition) is 0. The Bertz CT molecular complexity index is 875. The first-order chi connectivity index (χ1) is 10.3. The standard InChI is InChI=1S/C15H11N5O/c1-3-20-14-7-11(16-2)4-5-13(14)18-15(20)10-6-12(9-21)19-17-8-10/h4-9H,3H2,1H3. The number of aromatic nitrogens is 4. The molecule has 0 atom stereocenters. The van der Waals surface area contributed by atoms with E-state index in [-0.39, 0.29) is 5.69 Å². The second-order valence-corrected chi connectivity index (χ2v) is 4.45. The van der Waals surface area contributed by atoms with Crippen molar-refractivity contribution in [2.24, 2.45) is 0 Å². The van der Waals surface area contributed by atoms with E-state index in [2.05, 4.69) is 20.0 Å². The predicted octanol–water partition coefficient (Wildman–Crippen LogP) is 2.88. The number of hydrogen-bond acceptors (Lipinski definition) is 4. The molecule has 6 heteroatoms. The summed E-state index contributed by atoms with van der Waals surface area (Å²) in [4.78, 5) is 18.9. The summed E-state index contributed by atoms with van der Waals surface area (Å²) in [6.07, 6.45) is 2.24. The summed E-state index contributed by atoms with van der Waals surface area (Å²) < 4.78 is 2.00. The van der Waals surface area contributed by atoms with Crippen LogP contribution < -0.4 is 0 Å². The van der Waals surface area contributed by atoms with Crippen molar-refractivity contribution in [3.63, 3.8) is 0 Å². The molecule has 0 aliphatic carbocycles. The Morgan fingerprint density at radius 1 is 1.38 bits per heavy atom. The third-order valence-electron chi connectivity index (χ3n) is 3.23. The fourth-order valence-corrected chi connectivity index (χ4v) is 2.28. The highest BCUT2D eigenvalue weighted by Gasteiger charge is 2.13. The van der Waals surface area contributed by atoms with Crippen molar-refractivity contribution in [1.29, 1.82) is 0 Å². The Kier molecular flexibility index (Phi) is 3.16. The number of rotatable bonds is 3. The molecule has 0 N–H and O–H groups in total. The molecular formula is C15H11N5O. The lowest BCUT2D eigenvalue weighted by molar-refractivity contribution is 0.111. The molecule has 0 aliphatic rings. The van der Waals surface area contributed by atoms with Crippen molar-refractivity contribution in [3.8, 4) is 11.4 Å². The maximum Gasteiger partial charge on any atom is 0.189 e. The van der Waals surface area contributed by atoms with Crippen LogP contribution in [-0.2, 0) is 6.54 Å². The van der Waals surface area contributed by atoms with Gasteiger partial charge in [0.15, 0.2) is 12.0 Å². The van der Waals surface area contributed by atoms with Crippen molar-refractivity contribution in [3.05, 3.63) is 47.6 Å². The summed E-state index contributed by atoms with van der Waals surface area (Å²) in [5.74, 6) is 0.715. The van der Waals surface area contributed by atoms with Gasteiger partial charge in [-0.1, -0.05) is 6.07 Å². The summed E-state index contributed by atoms with van der Waals surface area (Å²) in [6, 6.07) is 7.04. The minimum atomic E-state index is 0.268. The molecule has 21 heavy (non-hydrogen) atoms. The van der Waals surface area contributed by atoms with Crippen molar-refractivity contribution in [2.75, 3.05) is 0 Å². The average molecular weight is 277 g/mol. The first-order valence-electron chi connectivity index (χ1n) is 6.43. The maximum absolute atomic E-state index is 10.8. The van der Waals surface area contributed by atoms with Gasteiger partial charge in [0.05, 0.1) is 23.8 Å². The second-order valence-electron chi connectivity index (χ2n) is 4.45. The van der Waals surface area contributed by atoms with E-state index < -0.39 is 0 Å². The largest absolute Gasteiger partial charge is 0.325 e. The average Bonchev–Trinajstić information content (AvgIpc) is 2.92. The van der Waals surface area contributed by atoms with E-state index in [0.717, 1.165) is 16.6 Å². The van der Waals surface area contributed by atoms with Crippen LogP contribution in [0.5, 0.6) is 0 Å². The first-order valence-corrected chi connectivity index (χ1v) is 6.43. The molecule has 2 heterocycles. The van der Waals surface area contributed by atoms with E-state index in [9.17, 15) is 4.79 Å². The van der Waals surface area contributed by atoms with Crippen LogP contribution in [0.3, 0.4) is 0 Å². The number of aldehydes is 1. The van der Waals surface area contributed by atoms with E-state index in [1.165, 1.54) is 0 Å². The Balaban J connectivity index is 2.27. The predicted molar refractivity (Wildman–Crippen MR) is 78.1 cm³/mol. The lowest BCUT2D eigenvalue weighted by Gasteiger charge is -2.05. The molecule has 0 fully saturated rings. The summed E-state index contributed by atoms with van der Waals surface area (Å²) in [5.41, 5.74) is 3.28. The highest BCUT2D eigenvalue weighted by atomic mass is 16.1. The zero-order chi connectivity index (χ0) is 14.8. The van der Waals surface area contributed by atoms with Crippen LogP contribution in [0.1, 0.15) is 17.4 Å². The Morgan fingerprint density at radius 3 is 2.95 bits per heavy atom. The number of carbonyl (C=O) groups excluding carboxylic acids is 1. The molecule has 0 unspecified atom stereocenters. The molecule has 3 aromatic rings. The van der Waals surface area contributed by atoms with Crippen LogP contribution in [-0.4, -0.2) is 26.0 Å². The number of aryl methyl sites for hydroxylation is 1. The van der Waals surface area contributed by atoms with Gasteiger partial charge < -0.3 is 4.57 Å². The zero-order valence-corrected chi connectivity index (χ0v) is 11.3. The van der Waals surface area contributed by atoms with E-state index >= 15 is 0 Å². The SMILES string of the molecule is [C-]#[N+]c1ccc2nc(-c3cnnc(C=O)c3)n(CC)c2c1. The smallest absolute Gasteiger partial charge is 0.189 e. The number of carbonyl (C=O) groups is 1. The monoisotopic (exact) mass is 277 g/mol. The third-order valence-corrected chi connectivity index (χ3v) is 3.23. The first kappa shape index (κ1) is 12.9. The molecule has 0 aliphatic heterocycles. The quantitative estimate of drug-likeness (QED) is 0.545. The molecule has 3 rings (SSSR count). The molecule has 0 spiro atoms. The van der Waals surface area contributed by atoms with E-state index in [4.69, 9.17) is 6.57 Å². The van der Waals surface area contributed by atoms with Crippen molar-refractivity contribution < 1.29 is 4.79 Å². The van der Waals surface area contributed by atoms with Crippen molar-refractivity contribution >= 4 is 23.0 Å². The number of imidazole rings is 1. The van der Waals surface area contributed by atoms with E-state index in [1.54, 1.807) is 18.3 Å². The van der Waals surface area contributed by atoms with Gasteiger partial charge in [0.25, 0.3) is 0 Å². The minimum absolute atomic E-state index is 0.268. The molecule has 0 saturated carbocycles. The molecule has 0 radical (unpaired) electrons. The normalized spacial score (nSPS) is 10.5. The van der Waals surface area contributed by atoms with Crippen LogP contribution in [0, 0.1) is 6.57 Å². The van der Waals surface area contributed by atoms with Gasteiger partial charge in [0.2, 0.25) is 0 Å². The molecule has 6 nitrogen and oxygen atoms in total. The van der Waals surface area contributed by atoms with Gasteiger partial charge >= 0.3 is 0 Å². The number of benzene rings is 1. The Labute approximate surface area is 120 Å². The topological polar surface area (TPSA) is 65.0 Å². The Morgan fingerprint density at radius 2 is 2.24 bits per heavy atom. The van der Waals surface area contributed by atoms with E-state index in [1.807, 2.05) is 23.6 Å². The van der Waals surface area contributed by atoms with Gasteiger partial charge in [-0.25, -0.2) is 9.83 Å². The molecule has 102 valence electrons. The highest BCUT2D eigenvalue weighted by Crippen LogP contribution is 2.27. The molecule has 0 saturated heterocycles. The van der Waals surface area contributed by atoms with Crippen LogP contribution in [0.15, 0.2) is 30.5 Å². The summed E-state index contributed by atoms with van der Waals surface area (Å²) >= 11 is 0. The van der Waals surface area contributed by atoms with Crippen LogP contribution in [0.2, 0.25) is 0 Å². The number of fused-ring (bicyclic) bond motifs is 1. The summed E-state index contributed by atoms with van der Waals surface area (Å²) in [6.45, 7) is 9.81. The molecule has 0 amide bonds. The van der Waals surface area contributed by atoms with Gasteiger partial charge in [-0.05, 0) is 25.1 Å². The Hall–Kier alpha value is -3.07. The zero-order valence-electron chi connectivity index (χ0n) is 11.3. The summed E-state index contributed by atoms with van der Waals surface area (Å²) in [7, 11) is 0. The lowest BCUT2D eigenvalue weighted by Crippen LogP contribution is -1.99. The van der Waals surface area contributed by atoms with E-state index in [0.29, 0.717) is 24.3 Å². The third kappa shape index (κ3) is 2.15. The van der Waals surface area contributed by atoms with Crippen molar-refractivity contribution in [2.45, 2.75) is 13.5 Å². The van der Waals surface area contributed by atoms with Crippen LogP contribution in [0.4, 0.5) is 5.69 Å². The lowest BCUT2D eigenvalue weighted by atomic mass is 10.2. The fourth-order valence-electron chi connectivity index (χ4n) is 2.28. The van der Waals surface area contributed by atoms with Crippen LogP contribution >= 0.6 is 0 Å². The van der Waals surface area contributed by atoms with Gasteiger partial charge in [-0.2, -0.15) is 5.10 Å². The van der Waals surface area contributed by atoms with Gasteiger partial charge in [0.1, 0.15) is 11.5 Å². The highest BCUT2D eigenvalue weighted by molar-refractivity contribution is 5.84. The second kappa shape index (κ2) is 5.13. The molecular weight excluding hydrogens is 266 g/mol. The van der Waals surface area contributed by atoms with Crippen LogP contribution in [0.25, 0.3) is 27.3 Å². The van der Waals surface area contributed by atoms with Crippen molar-refractivity contribution in [1.82, 2.24) is 19.7 Å². The van der Waals surface area contributed by atoms with Gasteiger partial charge in [0, 0.05) is 12.1 Å². The molecule has 0 bridgehead atoms. The summed E-state index contributed by atoms with van der Waals surface area (Å²) in [5, 5.41) is 7.55. The number of nitrogens with zero attached hydrogens (tertiary/aromatic N) is 5. The fraction of sp³-hybridized carbons (Fsp3) is 0.133. The maximum atomic E-state index is 10.8. The van der Waals surface area contributed by atoms with Gasteiger partial charge in [-0.15, -0.1) is 5.10 Å². The minimum Gasteiger partial charge on any atom is -0.325 e. The molecule has 1 aromatic carbocycles. The van der Waals surface area contributed by atoms with Gasteiger partial charge in [-0.3, -0.25) is 4.79 Å².